The summed E-state index contributed by atoms with van der Waals surface area (Å²) in [6.45, 7) is 4.55. The Morgan fingerprint density at radius 3 is 2.27 bits per heavy atom. The molecule has 0 saturated carbocycles. The molecular weight excluding hydrogens is 806 g/mol. The van der Waals surface area contributed by atoms with Gasteiger partial charge < -0.3 is 9.88 Å². The van der Waals surface area contributed by atoms with E-state index < -0.39 is 0 Å². The molecule has 0 saturated heterocycles. The molecule has 0 aliphatic carbocycles. The molecule has 0 fully saturated rings. The van der Waals surface area contributed by atoms with Crippen molar-refractivity contribution < 1.29 is 21.1 Å². The van der Waals surface area contributed by atoms with Gasteiger partial charge in [-0.2, -0.15) is 0 Å². The Hall–Kier alpha value is -5.77. The molecule has 1 aliphatic rings. The van der Waals surface area contributed by atoms with Gasteiger partial charge in [0.25, 0.3) is 0 Å². The Balaban J connectivity index is 0.00000348. The van der Waals surface area contributed by atoms with Gasteiger partial charge in [-0.25, -0.2) is 9.97 Å². The van der Waals surface area contributed by atoms with Gasteiger partial charge in [0, 0.05) is 34.1 Å². The monoisotopic (exact) mass is 836 g/mol. The van der Waals surface area contributed by atoms with E-state index >= 15 is 0 Å². The number of hydrogen-bond donors (Lipinski definition) is 0. The second-order valence-corrected chi connectivity index (χ2v) is 13.4. The molecule has 0 bridgehead atoms. The summed E-state index contributed by atoms with van der Waals surface area (Å²) in [7, 11) is 0. The minimum Gasteiger partial charge on any atom is -0.656 e. The molecule has 10 rings (SSSR count). The molecule has 51 heavy (non-hydrogen) atoms. The largest absolute Gasteiger partial charge is 2.00 e. The topological polar surface area (TPSA) is 48.1 Å². The van der Waals surface area contributed by atoms with Crippen LogP contribution in [0.1, 0.15) is 25.0 Å². The number of anilines is 3. The van der Waals surface area contributed by atoms with Gasteiger partial charge in [0.2, 0.25) is 0 Å². The number of imidazole rings is 1. The van der Waals surface area contributed by atoms with E-state index in [2.05, 4.69) is 157 Å². The van der Waals surface area contributed by atoms with Crippen molar-refractivity contribution >= 4 is 50.0 Å². The summed E-state index contributed by atoms with van der Waals surface area (Å²) in [5, 5.41) is 2.28. The predicted octanol–water partition coefficient (Wildman–Crippen LogP) is 10.9. The van der Waals surface area contributed by atoms with Gasteiger partial charge in [-0.05, 0) is 52.4 Å². The third-order valence-corrected chi connectivity index (χ3v) is 10.2. The number of hydrogen-bond acceptors (Lipinski definition) is 3. The van der Waals surface area contributed by atoms with Gasteiger partial charge in [0.05, 0.1) is 11.0 Å². The smallest absolute Gasteiger partial charge is 0.656 e. The van der Waals surface area contributed by atoms with Crippen molar-refractivity contribution in [3.8, 4) is 28.2 Å². The van der Waals surface area contributed by atoms with E-state index in [1.54, 1.807) is 0 Å². The molecule has 6 heteroatoms. The zero-order valence-corrected chi connectivity index (χ0v) is 30.3. The van der Waals surface area contributed by atoms with E-state index in [0.717, 1.165) is 78.2 Å². The van der Waals surface area contributed by atoms with Crippen molar-refractivity contribution in [2.45, 2.75) is 19.3 Å². The minimum atomic E-state index is -0.189. The van der Waals surface area contributed by atoms with Gasteiger partial charge in [0.1, 0.15) is 11.6 Å². The Morgan fingerprint density at radius 2 is 1.37 bits per heavy atom. The normalized spacial score (nSPS) is 13.3. The first-order chi connectivity index (χ1) is 24.6. The number of para-hydroxylation sites is 5. The summed E-state index contributed by atoms with van der Waals surface area (Å²) < 4.78 is 2.26. The van der Waals surface area contributed by atoms with Crippen LogP contribution in [0.3, 0.4) is 0 Å². The third kappa shape index (κ3) is 4.72. The predicted molar refractivity (Wildman–Crippen MR) is 204 cm³/mol. The average Bonchev–Trinajstić information content (AvgIpc) is 3.75. The summed E-state index contributed by atoms with van der Waals surface area (Å²) in [6, 6.07) is 54.7. The van der Waals surface area contributed by atoms with Gasteiger partial charge in [0.15, 0.2) is 0 Å². The van der Waals surface area contributed by atoms with Gasteiger partial charge >= 0.3 is 21.1 Å². The third-order valence-electron chi connectivity index (χ3n) is 10.2. The van der Waals surface area contributed by atoms with Crippen LogP contribution in [0.25, 0.3) is 61.0 Å². The molecule has 0 amide bonds. The maximum absolute atomic E-state index is 5.47. The molecule has 5 nitrogen and oxygen atoms in total. The van der Waals surface area contributed by atoms with E-state index in [1.165, 1.54) is 11.1 Å². The standard InChI is InChI=1S/C45H31N5.Pt/c1-45(2)36-22-7-9-25-39(36)50(44-37(45)23-13-27-46-44)31-17-10-14-29(28-31)32-19-12-26-40-42(32)48-43(49(40)30-15-4-3-5-16-30)35-21-11-20-34-33-18-6-8-24-38(33)47-41(34)35;/h3-27H,1-2H3;/q-2;+2. The van der Waals surface area contributed by atoms with E-state index in [9.17, 15) is 0 Å². The van der Waals surface area contributed by atoms with E-state index in [-0.39, 0.29) is 26.5 Å². The van der Waals surface area contributed by atoms with Crippen LogP contribution in [0.5, 0.6) is 0 Å². The van der Waals surface area contributed by atoms with Crippen LogP contribution < -0.4 is 9.88 Å². The van der Waals surface area contributed by atoms with E-state index in [4.69, 9.17) is 15.0 Å². The van der Waals surface area contributed by atoms with Crippen LogP contribution in [-0.2, 0) is 26.5 Å². The maximum Gasteiger partial charge on any atom is 2.00 e. The minimum absolute atomic E-state index is 0. The van der Waals surface area contributed by atoms with Crippen LogP contribution >= 0.6 is 0 Å². The van der Waals surface area contributed by atoms with Crippen LogP contribution in [0.2, 0.25) is 0 Å². The van der Waals surface area contributed by atoms with Crippen molar-refractivity contribution in [1.29, 1.82) is 0 Å². The van der Waals surface area contributed by atoms with Crippen molar-refractivity contribution in [2.75, 3.05) is 4.90 Å². The number of fused-ring (bicyclic) bond motifs is 6. The fourth-order valence-corrected chi connectivity index (χ4v) is 7.82. The van der Waals surface area contributed by atoms with Crippen LogP contribution in [0, 0.1) is 6.07 Å². The molecule has 1 aliphatic heterocycles. The molecule has 4 heterocycles. The van der Waals surface area contributed by atoms with Gasteiger partial charge in [-0.1, -0.05) is 116 Å². The molecule has 3 aromatic heterocycles. The molecule has 0 N–H and O–H groups in total. The second kappa shape index (κ2) is 11.9. The average molecular weight is 837 g/mol. The van der Waals surface area contributed by atoms with Crippen LogP contribution in [-0.4, -0.2) is 14.5 Å². The molecule has 6 aromatic carbocycles. The van der Waals surface area contributed by atoms with Crippen molar-refractivity contribution in [2.24, 2.45) is 0 Å². The first-order valence-corrected chi connectivity index (χ1v) is 17.0. The zero-order chi connectivity index (χ0) is 33.4. The van der Waals surface area contributed by atoms with Crippen molar-refractivity contribution in [1.82, 2.24) is 19.5 Å². The molecule has 0 radical (unpaired) electrons. The SMILES string of the molecule is CC1(C)c2ccccc2N(c2[c-]c(-c3cccc4c3nc(-c3cccc5c3[n-]c3ccccc35)n4-c3ccccc3)ccc2)c2ncccc21.[Pt+2]. The first-order valence-electron chi connectivity index (χ1n) is 17.0. The van der Waals surface area contributed by atoms with E-state index in [0.29, 0.717) is 0 Å². The fourth-order valence-electron chi connectivity index (χ4n) is 7.82. The number of pyridine rings is 1. The van der Waals surface area contributed by atoms with Crippen molar-refractivity contribution in [3.63, 3.8) is 0 Å². The number of aromatic nitrogens is 4. The van der Waals surface area contributed by atoms with Gasteiger partial charge in [-0.15, -0.1) is 40.9 Å². The number of nitrogens with zero attached hydrogens (tertiary/aromatic N) is 5. The maximum atomic E-state index is 5.47. The number of benzene rings is 6. The van der Waals surface area contributed by atoms with Crippen LogP contribution in [0.15, 0.2) is 152 Å². The quantitative estimate of drug-likeness (QED) is 0.166. The number of rotatable bonds is 4. The van der Waals surface area contributed by atoms with Crippen molar-refractivity contribution in [3.05, 3.63) is 169 Å². The summed E-state index contributed by atoms with van der Waals surface area (Å²) in [6.07, 6.45) is 1.88. The molecule has 0 unspecified atom stereocenters. The van der Waals surface area contributed by atoms with Crippen LogP contribution in [0.4, 0.5) is 17.2 Å². The molecular formula is C45H31N5Pt. The second-order valence-electron chi connectivity index (χ2n) is 13.4. The molecule has 0 atom stereocenters. The Morgan fingerprint density at radius 1 is 0.647 bits per heavy atom. The summed E-state index contributed by atoms with van der Waals surface area (Å²) in [5.41, 5.74) is 12.2. The molecule has 0 spiro atoms. The fraction of sp³-hybridized carbons (Fsp3) is 0.0667. The summed E-state index contributed by atoms with van der Waals surface area (Å²) in [5.74, 6) is 1.79. The zero-order valence-electron chi connectivity index (χ0n) is 28.0. The molecule has 9 aromatic rings. The summed E-state index contributed by atoms with van der Waals surface area (Å²) >= 11 is 0. The first kappa shape index (κ1) is 31.2. The Labute approximate surface area is 310 Å². The van der Waals surface area contributed by atoms with E-state index in [1.807, 2.05) is 24.4 Å². The summed E-state index contributed by atoms with van der Waals surface area (Å²) in [4.78, 5) is 17.8. The molecule has 246 valence electrons. The Bertz CT molecular complexity index is 2710. The van der Waals surface area contributed by atoms with Gasteiger partial charge in [-0.3, -0.25) is 4.57 Å². The Kier molecular flexibility index (Phi) is 7.31.